The molecule has 176 valence electrons. The van der Waals surface area contributed by atoms with Crippen molar-refractivity contribution in [2.75, 3.05) is 11.9 Å². The summed E-state index contributed by atoms with van der Waals surface area (Å²) in [5.41, 5.74) is 1.75. The molecule has 33 heavy (non-hydrogen) atoms. The zero-order chi connectivity index (χ0) is 24.0. The predicted octanol–water partition coefficient (Wildman–Crippen LogP) is 4.84. The van der Waals surface area contributed by atoms with Gasteiger partial charge in [0.25, 0.3) is 11.8 Å². The van der Waals surface area contributed by atoms with Gasteiger partial charge in [0, 0.05) is 19.3 Å². The topological polar surface area (TPSA) is 98.4 Å². The summed E-state index contributed by atoms with van der Waals surface area (Å²) in [5.74, 6) is 1.34. The highest BCUT2D eigenvalue weighted by Gasteiger charge is 2.20. The number of carbonyl (C=O) groups excluding carboxylic acids is 2. The van der Waals surface area contributed by atoms with Gasteiger partial charge in [-0.25, -0.2) is 0 Å². The van der Waals surface area contributed by atoms with E-state index in [1.807, 2.05) is 45.0 Å². The maximum atomic E-state index is 12.7. The Bertz CT molecular complexity index is 1080. The first-order valence-corrected chi connectivity index (χ1v) is 11.2. The second kappa shape index (κ2) is 10.8. The first-order chi connectivity index (χ1) is 15.8. The molecule has 0 aliphatic carbocycles. The standard InChI is InChI=1S/C25H32N4O4/c1-6-29-14-21(23(28-29)25(31)26-13-16(2)3)27-24(30)22-12-11-20(33-22)15-32-19-9-7-18(8-10-19)17(4)5/h7-12,14,16-17H,6,13,15H2,1-5H3,(H,26,31)(H,27,30). The Morgan fingerprint density at radius 3 is 2.42 bits per heavy atom. The number of rotatable bonds is 10. The Labute approximate surface area is 194 Å². The third kappa shape index (κ3) is 6.47. The molecule has 3 aromatic rings. The molecule has 0 fully saturated rings. The van der Waals surface area contributed by atoms with Crippen LogP contribution in [0.1, 0.15) is 72.9 Å². The molecule has 0 aliphatic rings. The number of amides is 2. The second-order valence-electron chi connectivity index (χ2n) is 8.58. The molecule has 3 rings (SSSR count). The van der Waals surface area contributed by atoms with E-state index in [0.717, 1.165) is 5.75 Å². The van der Waals surface area contributed by atoms with Gasteiger partial charge in [-0.3, -0.25) is 14.3 Å². The molecule has 0 aliphatic heterocycles. The minimum absolute atomic E-state index is 0.126. The summed E-state index contributed by atoms with van der Waals surface area (Å²) in [6.45, 7) is 11.5. The van der Waals surface area contributed by atoms with Gasteiger partial charge >= 0.3 is 0 Å². The molecule has 2 N–H and O–H groups in total. The van der Waals surface area contributed by atoms with Crippen LogP contribution in [-0.4, -0.2) is 28.1 Å². The molecule has 0 saturated heterocycles. The lowest BCUT2D eigenvalue weighted by molar-refractivity contribution is 0.0944. The molecule has 8 heteroatoms. The fraction of sp³-hybridized carbons (Fsp3) is 0.400. The van der Waals surface area contributed by atoms with Gasteiger partial charge in [-0.1, -0.05) is 39.8 Å². The normalized spacial score (nSPS) is 11.1. The molecular weight excluding hydrogens is 420 g/mol. The second-order valence-corrected chi connectivity index (χ2v) is 8.58. The Hall–Kier alpha value is -3.55. The van der Waals surface area contributed by atoms with Gasteiger partial charge in [0.2, 0.25) is 0 Å². The lowest BCUT2D eigenvalue weighted by Crippen LogP contribution is -2.28. The molecule has 8 nitrogen and oxygen atoms in total. The van der Waals surface area contributed by atoms with Crippen molar-refractivity contribution in [3.05, 3.63) is 65.4 Å². The van der Waals surface area contributed by atoms with Crippen molar-refractivity contribution in [2.24, 2.45) is 5.92 Å². The van der Waals surface area contributed by atoms with E-state index in [2.05, 4.69) is 29.6 Å². The molecule has 2 heterocycles. The Morgan fingerprint density at radius 2 is 1.79 bits per heavy atom. The lowest BCUT2D eigenvalue weighted by atomic mass is 10.0. The van der Waals surface area contributed by atoms with Gasteiger partial charge in [-0.15, -0.1) is 0 Å². The summed E-state index contributed by atoms with van der Waals surface area (Å²) in [7, 11) is 0. The highest BCUT2D eigenvalue weighted by Crippen LogP contribution is 2.21. The van der Waals surface area contributed by atoms with Crippen LogP contribution < -0.4 is 15.4 Å². The summed E-state index contributed by atoms with van der Waals surface area (Å²) in [5, 5.41) is 9.84. The van der Waals surface area contributed by atoms with E-state index >= 15 is 0 Å². The number of benzene rings is 1. The predicted molar refractivity (Wildman–Crippen MR) is 127 cm³/mol. The van der Waals surface area contributed by atoms with Crippen LogP contribution in [0, 0.1) is 5.92 Å². The van der Waals surface area contributed by atoms with Crippen LogP contribution in [0.5, 0.6) is 5.75 Å². The smallest absolute Gasteiger partial charge is 0.291 e. The number of aryl methyl sites for hydroxylation is 1. The highest BCUT2D eigenvalue weighted by molar-refractivity contribution is 6.07. The van der Waals surface area contributed by atoms with Crippen molar-refractivity contribution in [3.63, 3.8) is 0 Å². The van der Waals surface area contributed by atoms with E-state index in [0.29, 0.717) is 36.4 Å². The Kier molecular flexibility index (Phi) is 7.92. The zero-order valence-corrected chi connectivity index (χ0v) is 19.8. The fourth-order valence-electron chi connectivity index (χ4n) is 3.09. The summed E-state index contributed by atoms with van der Waals surface area (Å²) >= 11 is 0. The van der Waals surface area contributed by atoms with Crippen LogP contribution in [0.25, 0.3) is 0 Å². The first-order valence-electron chi connectivity index (χ1n) is 11.2. The third-order valence-corrected chi connectivity index (χ3v) is 5.03. The van der Waals surface area contributed by atoms with Crippen molar-refractivity contribution in [1.82, 2.24) is 15.1 Å². The molecular formula is C25H32N4O4. The van der Waals surface area contributed by atoms with Crippen LogP contribution in [0.15, 0.2) is 47.0 Å². The summed E-state index contributed by atoms with van der Waals surface area (Å²) in [4.78, 5) is 25.2. The van der Waals surface area contributed by atoms with E-state index in [4.69, 9.17) is 9.15 Å². The average Bonchev–Trinajstić information content (AvgIpc) is 3.43. The Morgan fingerprint density at radius 1 is 1.06 bits per heavy atom. The number of hydrogen-bond donors (Lipinski definition) is 2. The zero-order valence-electron chi connectivity index (χ0n) is 19.8. The minimum Gasteiger partial charge on any atom is -0.486 e. The van der Waals surface area contributed by atoms with Crippen molar-refractivity contribution >= 4 is 17.5 Å². The summed E-state index contributed by atoms with van der Waals surface area (Å²) < 4.78 is 13.0. The van der Waals surface area contributed by atoms with Crippen molar-refractivity contribution in [2.45, 2.75) is 53.7 Å². The van der Waals surface area contributed by atoms with E-state index in [1.54, 1.807) is 23.0 Å². The van der Waals surface area contributed by atoms with Crippen molar-refractivity contribution in [3.8, 4) is 5.75 Å². The highest BCUT2D eigenvalue weighted by atomic mass is 16.5. The van der Waals surface area contributed by atoms with E-state index in [9.17, 15) is 9.59 Å². The van der Waals surface area contributed by atoms with Crippen molar-refractivity contribution in [1.29, 1.82) is 0 Å². The number of aromatic nitrogens is 2. The van der Waals surface area contributed by atoms with Gasteiger partial charge in [0.05, 0.1) is 5.69 Å². The number of nitrogens with zero attached hydrogens (tertiary/aromatic N) is 2. The van der Waals surface area contributed by atoms with Crippen molar-refractivity contribution < 1.29 is 18.7 Å². The Balaban J connectivity index is 1.63. The maximum absolute atomic E-state index is 12.7. The first kappa shape index (κ1) is 24.1. The number of nitrogens with one attached hydrogen (secondary N) is 2. The van der Waals surface area contributed by atoms with E-state index in [-0.39, 0.29) is 24.0 Å². The van der Waals surface area contributed by atoms with E-state index in [1.165, 1.54) is 5.56 Å². The van der Waals surface area contributed by atoms with Crippen LogP contribution in [-0.2, 0) is 13.2 Å². The molecule has 2 amide bonds. The fourth-order valence-corrected chi connectivity index (χ4v) is 3.09. The van der Waals surface area contributed by atoms with Crippen LogP contribution in [0.3, 0.4) is 0 Å². The molecule has 0 atom stereocenters. The lowest BCUT2D eigenvalue weighted by Gasteiger charge is -2.08. The largest absolute Gasteiger partial charge is 0.486 e. The monoisotopic (exact) mass is 452 g/mol. The van der Waals surface area contributed by atoms with Crippen LogP contribution in [0.4, 0.5) is 5.69 Å². The van der Waals surface area contributed by atoms with Crippen LogP contribution >= 0.6 is 0 Å². The summed E-state index contributed by atoms with van der Waals surface area (Å²) in [6.07, 6.45) is 1.63. The number of hydrogen-bond acceptors (Lipinski definition) is 5. The van der Waals surface area contributed by atoms with Gasteiger partial charge in [-0.05, 0) is 48.6 Å². The average molecular weight is 453 g/mol. The van der Waals surface area contributed by atoms with E-state index < -0.39 is 5.91 Å². The molecule has 1 aromatic carbocycles. The molecule has 0 spiro atoms. The molecule has 0 bridgehead atoms. The maximum Gasteiger partial charge on any atom is 0.291 e. The quantitative estimate of drug-likeness (QED) is 0.459. The van der Waals surface area contributed by atoms with Gasteiger partial charge in [-0.2, -0.15) is 5.10 Å². The SMILES string of the molecule is CCn1cc(NC(=O)c2ccc(COc3ccc(C(C)C)cc3)o2)c(C(=O)NCC(C)C)n1. The third-order valence-electron chi connectivity index (χ3n) is 5.03. The van der Waals surface area contributed by atoms with Gasteiger partial charge in [0.15, 0.2) is 11.5 Å². The van der Waals surface area contributed by atoms with Gasteiger partial charge in [0.1, 0.15) is 18.1 Å². The molecule has 0 radical (unpaired) electrons. The number of anilines is 1. The molecule has 0 saturated carbocycles. The summed E-state index contributed by atoms with van der Waals surface area (Å²) in [6, 6.07) is 11.2. The molecule has 0 unspecified atom stereocenters. The number of ether oxygens (including phenoxy) is 1. The number of carbonyl (C=O) groups is 2. The number of furan rings is 1. The minimum atomic E-state index is -0.462. The van der Waals surface area contributed by atoms with Crippen LogP contribution in [0.2, 0.25) is 0 Å². The molecule has 2 aromatic heterocycles. The van der Waals surface area contributed by atoms with Gasteiger partial charge < -0.3 is 19.8 Å².